The number of aromatic nitrogens is 1. The predicted molar refractivity (Wildman–Crippen MR) is 117 cm³/mol. The third kappa shape index (κ3) is 2.95. The molecule has 1 amide bonds. The monoisotopic (exact) mass is 440 g/mol. The van der Waals surface area contributed by atoms with Crippen LogP contribution in [0.4, 0.5) is 5.69 Å². The highest BCUT2D eigenvalue weighted by Crippen LogP contribution is 2.44. The van der Waals surface area contributed by atoms with Gasteiger partial charge in [-0.1, -0.05) is 24.3 Å². The lowest BCUT2D eigenvalue weighted by Crippen LogP contribution is -2.31. The van der Waals surface area contributed by atoms with E-state index in [1.807, 2.05) is 12.1 Å². The van der Waals surface area contributed by atoms with Gasteiger partial charge in [0.2, 0.25) is 12.6 Å². The van der Waals surface area contributed by atoms with Crippen LogP contribution in [0.3, 0.4) is 0 Å². The van der Waals surface area contributed by atoms with Crippen LogP contribution < -0.4 is 14.4 Å². The van der Waals surface area contributed by atoms with Gasteiger partial charge in [0.25, 0.3) is 5.91 Å². The molecular formula is C25H16N2O6. The summed E-state index contributed by atoms with van der Waals surface area (Å²) in [5, 5.41) is 11.6. The highest BCUT2D eigenvalue weighted by molar-refractivity contribution is 6.20. The van der Waals surface area contributed by atoms with Gasteiger partial charge in [0.15, 0.2) is 23.0 Å². The number of fused-ring (bicyclic) bond motifs is 2. The van der Waals surface area contributed by atoms with E-state index in [9.17, 15) is 14.7 Å². The lowest BCUT2D eigenvalue weighted by Gasteiger charge is -2.26. The van der Waals surface area contributed by atoms with E-state index < -0.39 is 23.5 Å². The Kier molecular flexibility index (Phi) is 4.19. The van der Waals surface area contributed by atoms with Gasteiger partial charge in [-0.3, -0.25) is 19.5 Å². The van der Waals surface area contributed by atoms with Crippen LogP contribution in [0.2, 0.25) is 0 Å². The van der Waals surface area contributed by atoms with E-state index in [1.54, 1.807) is 60.9 Å². The number of carbonyl (C=O) groups excluding carboxylic acids is 2. The molecule has 162 valence electrons. The second-order valence-corrected chi connectivity index (χ2v) is 7.64. The van der Waals surface area contributed by atoms with E-state index >= 15 is 0 Å². The van der Waals surface area contributed by atoms with Crippen molar-refractivity contribution in [3.63, 3.8) is 0 Å². The SMILES string of the molecule is O=C(C1=C(O)C(=O)N(c2ccc3c(c2)OCO3)C1c1cccnc1)c1cc2ccccc2o1. The van der Waals surface area contributed by atoms with Gasteiger partial charge in [0.1, 0.15) is 5.58 Å². The smallest absolute Gasteiger partial charge is 0.294 e. The van der Waals surface area contributed by atoms with Crippen LogP contribution in [0.25, 0.3) is 11.0 Å². The van der Waals surface area contributed by atoms with Crippen molar-refractivity contribution >= 4 is 28.3 Å². The van der Waals surface area contributed by atoms with Crippen LogP contribution in [0.1, 0.15) is 22.2 Å². The second-order valence-electron chi connectivity index (χ2n) is 7.64. The van der Waals surface area contributed by atoms with Gasteiger partial charge in [-0.15, -0.1) is 0 Å². The largest absolute Gasteiger partial charge is 0.503 e. The molecule has 2 aromatic carbocycles. The van der Waals surface area contributed by atoms with Crippen LogP contribution in [0.5, 0.6) is 11.5 Å². The van der Waals surface area contributed by atoms with E-state index in [0.29, 0.717) is 28.3 Å². The maximum Gasteiger partial charge on any atom is 0.294 e. The summed E-state index contributed by atoms with van der Waals surface area (Å²) in [5.74, 6) is -0.851. The zero-order valence-corrected chi connectivity index (χ0v) is 17.1. The van der Waals surface area contributed by atoms with Crippen molar-refractivity contribution in [2.75, 3.05) is 11.7 Å². The van der Waals surface area contributed by atoms with Crippen molar-refractivity contribution in [3.8, 4) is 11.5 Å². The zero-order valence-electron chi connectivity index (χ0n) is 17.1. The topological polar surface area (TPSA) is 102 Å². The number of hydrogen-bond donors (Lipinski definition) is 1. The lowest BCUT2D eigenvalue weighted by molar-refractivity contribution is -0.117. The fourth-order valence-corrected chi connectivity index (χ4v) is 4.22. The quantitative estimate of drug-likeness (QED) is 0.471. The van der Waals surface area contributed by atoms with E-state index in [-0.39, 0.29) is 18.1 Å². The Bertz CT molecular complexity index is 1420. The van der Waals surface area contributed by atoms with Crippen LogP contribution in [-0.2, 0) is 4.79 Å². The Morgan fingerprint density at radius 3 is 2.70 bits per heavy atom. The van der Waals surface area contributed by atoms with Crippen molar-refractivity contribution in [1.29, 1.82) is 0 Å². The average molecular weight is 440 g/mol. The number of aliphatic hydroxyl groups excluding tert-OH is 1. The van der Waals surface area contributed by atoms with Gasteiger partial charge in [0.05, 0.1) is 11.6 Å². The molecule has 2 aromatic heterocycles. The number of benzene rings is 2. The molecule has 0 aliphatic carbocycles. The first-order chi connectivity index (χ1) is 16.1. The van der Waals surface area contributed by atoms with Crippen molar-refractivity contribution < 1.29 is 28.6 Å². The highest BCUT2D eigenvalue weighted by Gasteiger charge is 2.45. The summed E-state index contributed by atoms with van der Waals surface area (Å²) in [4.78, 5) is 32.3. The Hall–Kier alpha value is -4.59. The molecule has 0 fully saturated rings. The maximum absolute atomic E-state index is 13.6. The molecular weight excluding hydrogens is 424 g/mol. The number of nitrogens with zero attached hydrogens (tertiary/aromatic N) is 2. The first kappa shape index (κ1) is 19.1. The Morgan fingerprint density at radius 1 is 1.03 bits per heavy atom. The Labute approximate surface area is 187 Å². The number of furan rings is 1. The summed E-state index contributed by atoms with van der Waals surface area (Å²) in [6.07, 6.45) is 3.15. The fraction of sp³-hybridized carbons (Fsp3) is 0.0800. The minimum atomic E-state index is -0.910. The van der Waals surface area contributed by atoms with E-state index in [4.69, 9.17) is 13.9 Å². The summed E-state index contributed by atoms with van der Waals surface area (Å²) in [5.41, 5.74) is 1.46. The van der Waals surface area contributed by atoms with Gasteiger partial charge in [-0.05, 0) is 35.9 Å². The molecule has 2 aliphatic rings. The minimum absolute atomic E-state index is 0.0342. The number of anilines is 1. The molecule has 1 unspecified atom stereocenters. The Balaban J connectivity index is 1.49. The first-order valence-corrected chi connectivity index (χ1v) is 10.2. The molecule has 8 nitrogen and oxygen atoms in total. The number of para-hydroxylation sites is 1. The molecule has 8 heteroatoms. The molecule has 1 N–H and O–H groups in total. The first-order valence-electron chi connectivity index (χ1n) is 10.2. The van der Waals surface area contributed by atoms with Crippen molar-refractivity contribution in [1.82, 2.24) is 4.98 Å². The number of aliphatic hydroxyl groups is 1. The third-order valence-corrected chi connectivity index (χ3v) is 5.74. The van der Waals surface area contributed by atoms with E-state index in [0.717, 1.165) is 5.39 Å². The van der Waals surface area contributed by atoms with E-state index in [2.05, 4.69) is 4.98 Å². The average Bonchev–Trinajstić information content (AvgIpc) is 3.55. The number of carbonyl (C=O) groups is 2. The zero-order chi connectivity index (χ0) is 22.5. The van der Waals surface area contributed by atoms with Crippen LogP contribution >= 0.6 is 0 Å². The van der Waals surface area contributed by atoms with Gasteiger partial charge in [-0.25, -0.2) is 0 Å². The van der Waals surface area contributed by atoms with Crippen LogP contribution in [0, 0.1) is 0 Å². The molecule has 0 saturated heterocycles. The number of Topliss-reactive ketones (excluding diaryl/α,β-unsaturated/α-hetero) is 1. The van der Waals surface area contributed by atoms with Crippen LogP contribution in [0.15, 0.2) is 88.8 Å². The van der Waals surface area contributed by atoms with E-state index in [1.165, 1.54) is 4.90 Å². The van der Waals surface area contributed by atoms with Gasteiger partial charge in [0, 0.05) is 29.5 Å². The summed E-state index contributed by atoms with van der Waals surface area (Å²) >= 11 is 0. The normalized spacial score (nSPS) is 17.3. The minimum Gasteiger partial charge on any atom is -0.503 e. The summed E-state index contributed by atoms with van der Waals surface area (Å²) in [6, 6.07) is 16.4. The van der Waals surface area contributed by atoms with Gasteiger partial charge < -0.3 is 19.0 Å². The summed E-state index contributed by atoms with van der Waals surface area (Å²) < 4.78 is 16.5. The standard InChI is InChI=1S/C25H16N2O6/c28-23(20-10-14-4-1-2-6-17(14)33-20)21-22(15-5-3-9-26-12-15)27(25(30)24(21)29)16-7-8-18-19(11-16)32-13-31-18/h1-12,22,29H,13H2. The number of ketones is 1. The van der Waals surface area contributed by atoms with Crippen LogP contribution in [-0.4, -0.2) is 28.6 Å². The van der Waals surface area contributed by atoms with Crippen molar-refractivity contribution in [3.05, 3.63) is 95.7 Å². The molecule has 0 saturated carbocycles. The molecule has 33 heavy (non-hydrogen) atoms. The lowest BCUT2D eigenvalue weighted by atomic mass is 9.96. The van der Waals surface area contributed by atoms with Crippen molar-refractivity contribution in [2.45, 2.75) is 6.04 Å². The van der Waals surface area contributed by atoms with Gasteiger partial charge in [-0.2, -0.15) is 0 Å². The van der Waals surface area contributed by atoms with Gasteiger partial charge >= 0.3 is 0 Å². The highest BCUT2D eigenvalue weighted by atomic mass is 16.7. The molecule has 0 bridgehead atoms. The summed E-state index contributed by atoms with van der Waals surface area (Å²) in [6.45, 7) is 0.0814. The molecule has 4 aromatic rings. The number of pyridine rings is 1. The number of rotatable bonds is 4. The number of hydrogen-bond acceptors (Lipinski definition) is 7. The Morgan fingerprint density at radius 2 is 1.88 bits per heavy atom. The fourth-order valence-electron chi connectivity index (χ4n) is 4.22. The van der Waals surface area contributed by atoms with Crippen molar-refractivity contribution in [2.24, 2.45) is 0 Å². The number of amides is 1. The predicted octanol–water partition coefficient (Wildman–Crippen LogP) is 4.34. The second kappa shape index (κ2) is 7.23. The third-order valence-electron chi connectivity index (χ3n) is 5.74. The molecule has 0 spiro atoms. The maximum atomic E-state index is 13.6. The molecule has 2 aliphatic heterocycles. The summed E-state index contributed by atoms with van der Waals surface area (Å²) in [7, 11) is 0. The molecule has 0 radical (unpaired) electrons. The molecule has 1 atom stereocenters. The molecule has 6 rings (SSSR count). The molecule has 4 heterocycles. The number of ether oxygens (including phenoxy) is 2.